The molecule has 11 heteroatoms. The van der Waals surface area contributed by atoms with Gasteiger partial charge < -0.3 is 15.0 Å². The van der Waals surface area contributed by atoms with Crippen molar-refractivity contribution in [1.82, 2.24) is 19.9 Å². The molecule has 0 bridgehead atoms. The zero-order chi connectivity index (χ0) is 27.4. The van der Waals surface area contributed by atoms with Crippen LogP contribution in [0.5, 0.6) is 11.5 Å². The number of carbonyl (C=O) groups excluding carboxylic acids is 2. The van der Waals surface area contributed by atoms with Crippen LogP contribution in [0.2, 0.25) is 0 Å². The molecule has 3 aromatic carbocycles. The van der Waals surface area contributed by atoms with Gasteiger partial charge in [0.2, 0.25) is 11.8 Å². The van der Waals surface area contributed by atoms with Crippen molar-refractivity contribution < 1.29 is 27.5 Å². The first-order valence-electron chi connectivity index (χ1n) is 12.3. The highest BCUT2D eigenvalue weighted by Gasteiger charge is 2.39. The van der Waals surface area contributed by atoms with Crippen LogP contribution in [0.3, 0.4) is 0 Å². The Bertz CT molecular complexity index is 1450. The Balaban J connectivity index is 1.27. The minimum Gasteiger partial charge on any atom is -0.457 e. The third kappa shape index (κ3) is 6.43. The summed E-state index contributed by atoms with van der Waals surface area (Å²) in [5.74, 6) is -2.10. The van der Waals surface area contributed by atoms with Crippen molar-refractivity contribution in [2.45, 2.75) is 25.4 Å². The lowest BCUT2D eigenvalue weighted by molar-refractivity contribution is -0.137. The number of hydrogen-bond acceptors (Lipinski definition) is 5. The zero-order valence-electron chi connectivity index (χ0n) is 20.6. The molecule has 2 unspecified atom stereocenters. The number of nitrogens with zero attached hydrogens (tertiary/aromatic N) is 4. The molecule has 8 nitrogen and oxygen atoms in total. The third-order valence-electron chi connectivity index (χ3n) is 6.46. The summed E-state index contributed by atoms with van der Waals surface area (Å²) in [6.07, 6.45) is 3.73. The molecule has 0 saturated carbocycles. The standard InChI is InChI=1S/C28H24F3N5O3/c29-20-2-6-22(7-3-20)39-23-8-4-21(5-9-23)33-28(38)26-15-19(13-18-1-10-24(30)25(31)14-18)16-36(26)27(37)17-35-12-11-32-34-35/h1-12,14,19,26H,13,15-17H2,(H,33,38). The Hall–Kier alpha value is -4.67. The van der Waals surface area contributed by atoms with E-state index in [4.69, 9.17) is 4.74 Å². The van der Waals surface area contributed by atoms with Gasteiger partial charge in [0.05, 0.1) is 6.20 Å². The lowest BCUT2D eigenvalue weighted by Gasteiger charge is -2.24. The minimum atomic E-state index is -0.939. The molecule has 5 rings (SSSR count). The highest BCUT2D eigenvalue weighted by molar-refractivity contribution is 5.97. The molecular formula is C28H24F3N5O3. The topological polar surface area (TPSA) is 89.4 Å². The van der Waals surface area contributed by atoms with Crippen LogP contribution in [0, 0.1) is 23.4 Å². The minimum absolute atomic E-state index is 0.0862. The second-order valence-corrected chi connectivity index (χ2v) is 9.29. The molecule has 0 spiro atoms. The number of likely N-dealkylation sites (tertiary alicyclic amines) is 1. The molecule has 200 valence electrons. The van der Waals surface area contributed by atoms with Crippen LogP contribution in [-0.2, 0) is 22.6 Å². The number of ether oxygens (including phenoxy) is 1. The number of rotatable bonds is 8. The van der Waals surface area contributed by atoms with Crippen LogP contribution >= 0.6 is 0 Å². The number of nitrogens with one attached hydrogen (secondary N) is 1. The van der Waals surface area contributed by atoms with Crippen molar-refractivity contribution in [1.29, 1.82) is 0 Å². The fraction of sp³-hybridized carbons (Fsp3) is 0.214. The highest BCUT2D eigenvalue weighted by Crippen LogP contribution is 2.29. The van der Waals surface area contributed by atoms with Crippen LogP contribution in [0.15, 0.2) is 79.1 Å². The van der Waals surface area contributed by atoms with E-state index in [1.807, 2.05) is 0 Å². The molecule has 1 N–H and O–H groups in total. The van der Waals surface area contributed by atoms with Gasteiger partial charge in [0, 0.05) is 18.4 Å². The predicted octanol–water partition coefficient (Wildman–Crippen LogP) is 4.59. The first-order valence-corrected chi connectivity index (χ1v) is 12.3. The van der Waals surface area contributed by atoms with Gasteiger partial charge in [-0.25, -0.2) is 17.9 Å². The van der Waals surface area contributed by atoms with Crippen LogP contribution in [0.25, 0.3) is 0 Å². The SMILES string of the molecule is O=C(Nc1ccc(Oc2ccc(F)cc2)cc1)C1CC(Cc2ccc(F)c(F)c2)CN1C(=O)Cn1ccnn1. The van der Waals surface area contributed by atoms with Crippen LogP contribution in [0.4, 0.5) is 18.9 Å². The lowest BCUT2D eigenvalue weighted by atomic mass is 9.96. The summed E-state index contributed by atoms with van der Waals surface area (Å²) in [4.78, 5) is 27.9. The maximum absolute atomic E-state index is 13.7. The van der Waals surface area contributed by atoms with E-state index in [1.165, 1.54) is 46.1 Å². The van der Waals surface area contributed by atoms with Gasteiger partial charge in [-0.2, -0.15) is 0 Å². The van der Waals surface area contributed by atoms with Gasteiger partial charge in [0.1, 0.15) is 29.9 Å². The van der Waals surface area contributed by atoms with Gasteiger partial charge in [0.15, 0.2) is 11.6 Å². The molecule has 1 saturated heterocycles. The number of hydrogen-bond donors (Lipinski definition) is 1. The molecule has 2 atom stereocenters. The van der Waals surface area contributed by atoms with E-state index in [0.29, 0.717) is 35.6 Å². The quantitative estimate of drug-likeness (QED) is 0.357. The molecule has 0 radical (unpaired) electrons. The van der Waals surface area contributed by atoms with Crippen LogP contribution in [0.1, 0.15) is 12.0 Å². The molecule has 1 aliphatic rings. The highest BCUT2D eigenvalue weighted by atomic mass is 19.2. The van der Waals surface area contributed by atoms with E-state index >= 15 is 0 Å². The lowest BCUT2D eigenvalue weighted by Crippen LogP contribution is -2.44. The Morgan fingerprint density at radius 2 is 1.67 bits per heavy atom. The van der Waals surface area contributed by atoms with Crippen molar-refractivity contribution in [3.05, 3.63) is 102 Å². The molecule has 0 aliphatic carbocycles. The van der Waals surface area contributed by atoms with Gasteiger partial charge in [0.25, 0.3) is 0 Å². The fourth-order valence-corrected chi connectivity index (χ4v) is 4.61. The summed E-state index contributed by atoms with van der Waals surface area (Å²) < 4.78 is 47.3. The number of aromatic nitrogens is 3. The van der Waals surface area contributed by atoms with E-state index < -0.39 is 17.7 Å². The monoisotopic (exact) mass is 535 g/mol. The average molecular weight is 536 g/mol. The largest absolute Gasteiger partial charge is 0.457 e. The van der Waals surface area contributed by atoms with Crippen molar-refractivity contribution in [2.75, 3.05) is 11.9 Å². The molecule has 4 aromatic rings. The fourth-order valence-electron chi connectivity index (χ4n) is 4.61. The van der Waals surface area contributed by atoms with Crippen molar-refractivity contribution >= 4 is 17.5 Å². The van der Waals surface area contributed by atoms with Gasteiger partial charge in [-0.3, -0.25) is 9.59 Å². The summed E-state index contributed by atoms with van der Waals surface area (Å²) in [6.45, 7) is 0.187. The second kappa shape index (κ2) is 11.4. The Morgan fingerprint density at radius 3 is 2.33 bits per heavy atom. The summed E-state index contributed by atoms with van der Waals surface area (Å²) in [6, 6.07) is 15.2. The van der Waals surface area contributed by atoms with E-state index in [-0.39, 0.29) is 36.6 Å². The first kappa shape index (κ1) is 26.0. The molecule has 2 heterocycles. The van der Waals surface area contributed by atoms with Crippen LogP contribution in [-0.4, -0.2) is 44.3 Å². The number of halogens is 3. The predicted molar refractivity (Wildman–Crippen MR) is 135 cm³/mol. The molecule has 2 amide bonds. The van der Waals surface area contributed by atoms with E-state index in [1.54, 1.807) is 30.5 Å². The Labute approximate surface area is 222 Å². The molecule has 1 aliphatic heterocycles. The van der Waals surface area contributed by atoms with Crippen molar-refractivity contribution in [3.8, 4) is 11.5 Å². The second-order valence-electron chi connectivity index (χ2n) is 9.29. The zero-order valence-corrected chi connectivity index (χ0v) is 20.6. The Kier molecular flexibility index (Phi) is 7.57. The van der Waals surface area contributed by atoms with Crippen LogP contribution < -0.4 is 10.1 Å². The maximum atomic E-state index is 13.7. The van der Waals surface area contributed by atoms with Crippen molar-refractivity contribution in [2.24, 2.45) is 5.92 Å². The number of anilines is 1. The summed E-state index contributed by atoms with van der Waals surface area (Å²) >= 11 is 0. The number of carbonyl (C=O) groups is 2. The molecule has 1 fully saturated rings. The molecular weight excluding hydrogens is 511 g/mol. The smallest absolute Gasteiger partial charge is 0.247 e. The van der Waals surface area contributed by atoms with E-state index in [2.05, 4.69) is 15.6 Å². The third-order valence-corrected chi connectivity index (χ3v) is 6.46. The number of amides is 2. The van der Waals surface area contributed by atoms with Gasteiger partial charge >= 0.3 is 0 Å². The Morgan fingerprint density at radius 1 is 0.949 bits per heavy atom. The first-order chi connectivity index (χ1) is 18.8. The van der Waals surface area contributed by atoms with E-state index in [0.717, 1.165) is 12.1 Å². The molecule has 39 heavy (non-hydrogen) atoms. The summed E-state index contributed by atoms with van der Waals surface area (Å²) in [7, 11) is 0. The maximum Gasteiger partial charge on any atom is 0.247 e. The van der Waals surface area contributed by atoms with E-state index in [9.17, 15) is 22.8 Å². The summed E-state index contributed by atoms with van der Waals surface area (Å²) in [5, 5.41) is 10.4. The normalized spacial score (nSPS) is 16.7. The van der Waals surface area contributed by atoms with Gasteiger partial charge in [-0.1, -0.05) is 11.3 Å². The summed E-state index contributed by atoms with van der Waals surface area (Å²) in [5.41, 5.74) is 1.08. The average Bonchev–Trinajstić information content (AvgIpc) is 3.59. The molecule has 1 aromatic heterocycles. The van der Waals surface area contributed by atoms with Gasteiger partial charge in [-0.05, 0) is 85.0 Å². The van der Waals surface area contributed by atoms with Crippen molar-refractivity contribution in [3.63, 3.8) is 0 Å². The van der Waals surface area contributed by atoms with Gasteiger partial charge in [-0.15, -0.1) is 5.10 Å². The number of benzene rings is 3.